The molecule has 1 fully saturated rings. The minimum absolute atomic E-state index is 0.0942. The molecular weight excluding hydrogens is 314 g/mol. The number of amides is 1. The first-order valence-corrected chi connectivity index (χ1v) is 7.82. The summed E-state index contributed by atoms with van der Waals surface area (Å²) in [6.07, 6.45) is -0.755. The highest BCUT2D eigenvalue weighted by Crippen LogP contribution is 2.26. The first-order chi connectivity index (χ1) is 11.5. The summed E-state index contributed by atoms with van der Waals surface area (Å²) in [5, 5.41) is 19.1. The quantitative estimate of drug-likeness (QED) is 0.721. The zero-order valence-electron chi connectivity index (χ0n) is 14.4. The summed E-state index contributed by atoms with van der Waals surface area (Å²) >= 11 is 0. The number of hydrogen-bond acceptors (Lipinski definition) is 6. The fourth-order valence-electron chi connectivity index (χ4n) is 2.25. The Labute approximate surface area is 142 Å². The lowest BCUT2D eigenvalue weighted by molar-refractivity contribution is -0.145. The fourth-order valence-corrected chi connectivity index (χ4v) is 2.25. The number of carbonyl (C=O) groups is 1. The van der Waals surface area contributed by atoms with Gasteiger partial charge < -0.3 is 29.7 Å². The van der Waals surface area contributed by atoms with Crippen LogP contribution >= 0.6 is 0 Å². The molecule has 0 radical (unpaired) electrons. The number of ether oxygens (including phenoxy) is 3. The lowest BCUT2D eigenvalue weighted by atomic mass is 10.0. The van der Waals surface area contributed by atoms with E-state index in [1.165, 1.54) is 0 Å². The van der Waals surface area contributed by atoms with E-state index < -0.39 is 11.9 Å². The van der Waals surface area contributed by atoms with Gasteiger partial charge in [-0.2, -0.15) is 0 Å². The monoisotopic (exact) mass is 341 g/mol. The molecule has 136 valence electrons. The first-order valence-electron chi connectivity index (χ1n) is 7.82. The maximum absolute atomic E-state index is 11.7. The number of alkyl carbamates (subject to hydrolysis) is 1. The van der Waals surface area contributed by atoms with Crippen molar-refractivity contribution in [2.45, 2.75) is 32.3 Å². The van der Waals surface area contributed by atoms with Gasteiger partial charge in [0.1, 0.15) is 6.61 Å². The van der Waals surface area contributed by atoms with Crippen LogP contribution in [0.5, 0.6) is 0 Å². The molecule has 24 heavy (non-hydrogen) atoms. The number of aliphatic hydroxyl groups excluding tert-OH is 2. The van der Waals surface area contributed by atoms with Crippen molar-refractivity contribution in [1.29, 1.82) is 0 Å². The van der Waals surface area contributed by atoms with Crippen LogP contribution in [0.15, 0.2) is 30.3 Å². The van der Waals surface area contributed by atoms with Crippen LogP contribution in [-0.4, -0.2) is 55.1 Å². The molecule has 1 aromatic rings. The van der Waals surface area contributed by atoms with Crippen LogP contribution in [0.25, 0.3) is 0 Å². The maximum atomic E-state index is 11.7. The predicted octanol–water partition coefficient (Wildman–Crippen LogP) is 1.28. The highest BCUT2D eigenvalue weighted by Gasteiger charge is 2.37. The van der Waals surface area contributed by atoms with Crippen LogP contribution in [0.4, 0.5) is 4.79 Å². The molecule has 0 aromatic heterocycles. The zero-order chi connectivity index (χ0) is 18.0. The SMILES string of the molecule is CC1(C)OC[C@@H]([C@@H](CO)CNC(=O)OCc2ccccc2)O1.CO. The molecule has 0 bridgehead atoms. The minimum atomic E-state index is -0.647. The number of hydrogen-bond donors (Lipinski definition) is 3. The molecule has 1 aromatic carbocycles. The van der Waals surface area contributed by atoms with Crippen molar-refractivity contribution in [2.75, 3.05) is 26.9 Å². The van der Waals surface area contributed by atoms with Crippen molar-refractivity contribution in [3.63, 3.8) is 0 Å². The van der Waals surface area contributed by atoms with Gasteiger partial charge in [0, 0.05) is 19.6 Å². The summed E-state index contributed by atoms with van der Waals surface area (Å²) in [4.78, 5) is 11.7. The third-order valence-electron chi connectivity index (χ3n) is 3.51. The van der Waals surface area contributed by atoms with Gasteiger partial charge in [-0.05, 0) is 19.4 Å². The van der Waals surface area contributed by atoms with E-state index in [0.717, 1.165) is 12.7 Å². The van der Waals surface area contributed by atoms with Gasteiger partial charge >= 0.3 is 6.09 Å². The smallest absolute Gasteiger partial charge is 0.407 e. The average molecular weight is 341 g/mol. The van der Waals surface area contributed by atoms with Gasteiger partial charge in [-0.25, -0.2) is 4.79 Å². The topological polar surface area (TPSA) is 97.3 Å². The molecule has 0 unspecified atom stereocenters. The van der Waals surface area contributed by atoms with E-state index in [4.69, 9.17) is 19.3 Å². The second-order valence-electron chi connectivity index (χ2n) is 5.75. The number of rotatable bonds is 6. The average Bonchev–Trinajstić information content (AvgIpc) is 2.96. The molecule has 0 aliphatic carbocycles. The summed E-state index contributed by atoms with van der Waals surface area (Å²) in [5.41, 5.74) is 0.922. The third-order valence-corrected chi connectivity index (χ3v) is 3.51. The summed E-state index contributed by atoms with van der Waals surface area (Å²) in [6.45, 7) is 4.44. The van der Waals surface area contributed by atoms with Gasteiger partial charge in [-0.15, -0.1) is 0 Å². The summed E-state index contributed by atoms with van der Waals surface area (Å²) < 4.78 is 16.3. The molecule has 2 atom stereocenters. The second-order valence-corrected chi connectivity index (χ2v) is 5.75. The maximum Gasteiger partial charge on any atom is 0.407 e. The molecule has 1 saturated heterocycles. The van der Waals surface area contributed by atoms with Gasteiger partial charge in [0.05, 0.1) is 19.3 Å². The highest BCUT2D eigenvalue weighted by molar-refractivity contribution is 5.67. The van der Waals surface area contributed by atoms with Crippen molar-refractivity contribution in [3.8, 4) is 0 Å². The van der Waals surface area contributed by atoms with E-state index in [9.17, 15) is 9.90 Å². The Balaban J connectivity index is 0.00000139. The Hall–Kier alpha value is -1.67. The van der Waals surface area contributed by atoms with Gasteiger partial charge in [0.25, 0.3) is 0 Å². The molecule has 7 heteroatoms. The van der Waals surface area contributed by atoms with E-state index >= 15 is 0 Å². The lowest BCUT2D eigenvalue weighted by Gasteiger charge is -2.22. The van der Waals surface area contributed by atoms with Gasteiger partial charge in [0.2, 0.25) is 0 Å². The van der Waals surface area contributed by atoms with Crippen LogP contribution in [0.1, 0.15) is 19.4 Å². The number of carbonyl (C=O) groups excluding carboxylic acids is 1. The summed E-state index contributed by atoms with van der Waals surface area (Å²) in [6, 6.07) is 9.45. The van der Waals surface area contributed by atoms with Crippen molar-refractivity contribution in [3.05, 3.63) is 35.9 Å². The minimum Gasteiger partial charge on any atom is -0.445 e. The van der Waals surface area contributed by atoms with E-state index in [1.54, 1.807) is 0 Å². The Morgan fingerprint density at radius 2 is 2.04 bits per heavy atom. The fraction of sp³-hybridized carbons (Fsp3) is 0.588. The van der Waals surface area contributed by atoms with Crippen molar-refractivity contribution >= 4 is 6.09 Å². The zero-order valence-corrected chi connectivity index (χ0v) is 14.4. The van der Waals surface area contributed by atoms with Crippen LogP contribution in [0.3, 0.4) is 0 Å². The molecule has 1 heterocycles. The normalized spacial score (nSPS) is 19.8. The van der Waals surface area contributed by atoms with E-state index in [1.807, 2.05) is 44.2 Å². The number of aliphatic hydroxyl groups is 2. The van der Waals surface area contributed by atoms with Crippen LogP contribution < -0.4 is 5.32 Å². The molecule has 0 spiro atoms. The Morgan fingerprint density at radius 1 is 1.38 bits per heavy atom. The second kappa shape index (κ2) is 10.2. The number of nitrogens with one attached hydrogen (secondary N) is 1. The molecule has 2 rings (SSSR count). The highest BCUT2D eigenvalue weighted by atomic mass is 16.7. The van der Waals surface area contributed by atoms with Crippen LogP contribution in [-0.2, 0) is 20.8 Å². The lowest BCUT2D eigenvalue weighted by Crippen LogP contribution is -2.39. The van der Waals surface area contributed by atoms with E-state index in [0.29, 0.717) is 6.61 Å². The molecule has 7 nitrogen and oxygen atoms in total. The predicted molar refractivity (Wildman–Crippen MR) is 88.3 cm³/mol. The largest absolute Gasteiger partial charge is 0.445 e. The summed E-state index contributed by atoms with van der Waals surface area (Å²) in [5.74, 6) is -0.877. The Morgan fingerprint density at radius 3 is 2.58 bits per heavy atom. The first kappa shape index (κ1) is 20.4. The molecule has 1 amide bonds. The van der Waals surface area contributed by atoms with E-state index in [2.05, 4.69) is 5.32 Å². The molecule has 0 saturated carbocycles. The Kier molecular flexibility index (Phi) is 8.70. The van der Waals surface area contributed by atoms with Gasteiger partial charge in [0.15, 0.2) is 5.79 Å². The van der Waals surface area contributed by atoms with Crippen molar-refractivity contribution < 1.29 is 29.2 Å². The summed E-state index contributed by atoms with van der Waals surface area (Å²) in [7, 11) is 1.00. The van der Waals surface area contributed by atoms with Gasteiger partial charge in [-0.3, -0.25) is 0 Å². The molecule has 3 N–H and O–H groups in total. The molecular formula is C17H27NO6. The molecule has 1 aliphatic rings. The third kappa shape index (κ3) is 6.84. The molecule has 1 aliphatic heterocycles. The number of benzene rings is 1. The van der Waals surface area contributed by atoms with Crippen LogP contribution in [0.2, 0.25) is 0 Å². The Bertz CT molecular complexity index is 479. The van der Waals surface area contributed by atoms with E-state index in [-0.39, 0.29) is 31.8 Å². The van der Waals surface area contributed by atoms with Gasteiger partial charge in [-0.1, -0.05) is 30.3 Å². The standard InChI is InChI=1S/C16H23NO5.CH4O/c1-16(2)21-11-14(22-16)13(9-18)8-17-15(19)20-10-12-6-4-3-5-7-12;1-2/h3-7,13-14,18H,8-11H2,1-2H3,(H,17,19);2H,1H3/t13-,14+;/m1./s1. The van der Waals surface area contributed by atoms with Crippen molar-refractivity contribution in [1.82, 2.24) is 5.32 Å². The van der Waals surface area contributed by atoms with Crippen molar-refractivity contribution in [2.24, 2.45) is 5.92 Å². The van der Waals surface area contributed by atoms with Crippen LogP contribution in [0, 0.1) is 5.92 Å².